The molecule has 0 fully saturated rings. The highest BCUT2D eigenvalue weighted by atomic mass is 35.5. The average Bonchev–Trinajstić information content (AvgIpc) is 2.86. The number of carbonyl (C=O) groups excluding carboxylic acids is 1. The third-order valence-electron chi connectivity index (χ3n) is 5.05. The first-order chi connectivity index (χ1) is 17.6. The van der Waals surface area contributed by atoms with Crippen molar-refractivity contribution in [3.05, 3.63) is 76.3 Å². The molecule has 0 heterocycles. The number of hydrogen-bond donors (Lipinski definition) is 6. The third-order valence-corrected chi connectivity index (χ3v) is 5.98. The minimum absolute atomic E-state index is 0.0333. The maximum Gasteiger partial charge on any atom is 0.341 e. The maximum atomic E-state index is 13.1. The normalized spacial score (nSPS) is 11.3. The second kappa shape index (κ2) is 12.2. The molecule has 3 rings (SSSR count). The fourth-order valence-corrected chi connectivity index (χ4v) is 3.96. The van der Waals surface area contributed by atoms with E-state index in [4.69, 9.17) is 42.5 Å². The van der Waals surface area contributed by atoms with Gasteiger partial charge in [-0.1, -0.05) is 11.6 Å². The molecule has 3 aromatic rings. The van der Waals surface area contributed by atoms with Gasteiger partial charge in [-0.3, -0.25) is 10.2 Å². The van der Waals surface area contributed by atoms with Gasteiger partial charge >= 0.3 is 5.97 Å². The summed E-state index contributed by atoms with van der Waals surface area (Å²) in [6, 6.07) is 14.0. The minimum atomic E-state index is -1.84. The van der Waals surface area contributed by atoms with Gasteiger partial charge in [-0.15, -0.1) is 0 Å². The number of hydrogen-bond acceptors (Lipinski definition) is 7. The van der Waals surface area contributed by atoms with Crippen molar-refractivity contribution in [3.8, 4) is 11.5 Å². The van der Waals surface area contributed by atoms with Gasteiger partial charge in [-0.2, -0.15) is 0 Å². The van der Waals surface area contributed by atoms with Crippen LogP contribution in [0.5, 0.6) is 11.5 Å². The van der Waals surface area contributed by atoms with E-state index in [1.165, 1.54) is 25.3 Å². The lowest BCUT2D eigenvalue weighted by Crippen LogP contribution is -2.16. The van der Waals surface area contributed by atoms with Gasteiger partial charge < -0.3 is 30.9 Å². The minimum Gasteiger partial charge on any atom is -0.493 e. The number of amides is 1. The number of carboxylic acids is 1. The van der Waals surface area contributed by atoms with E-state index >= 15 is 0 Å². The molecule has 3 aromatic carbocycles. The smallest absolute Gasteiger partial charge is 0.341 e. The van der Waals surface area contributed by atoms with Crippen LogP contribution in [0.15, 0.2) is 59.5 Å². The second-order valence-electron chi connectivity index (χ2n) is 7.58. The molecule has 11 nitrogen and oxygen atoms in total. The van der Waals surface area contributed by atoms with E-state index in [1.807, 2.05) is 0 Å². The van der Waals surface area contributed by atoms with E-state index in [1.54, 1.807) is 36.4 Å². The molecule has 0 saturated heterocycles. The molecule has 1 unspecified atom stereocenters. The van der Waals surface area contributed by atoms with Crippen LogP contribution >= 0.6 is 11.6 Å². The zero-order valence-corrected chi connectivity index (χ0v) is 21.1. The highest BCUT2D eigenvalue weighted by Crippen LogP contribution is 2.35. The van der Waals surface area contributed by atoms with Crippen LogP contribution in [0, 0.1) is 5.41 Å². The van der Waals surface area contributed by atoms with Gasteiger partial charge in [0.15, 0.2) is 18.1 Å². The molecule has 8 N–H and O–H groups in total. The number of nitrogens with one attached hydrogen (secondary N) is 3. The quantitative estimate of drug-likeness (QED) is 0.156. The van der Waals surface area contributed by atoms with Crippen molar-refractivity contribution in [2.75, 3.05) is 24.4 Å². The molecule has 0 bridgehead atoms. The van der Waals surface area contributed by atoms with Crippen LogP contribution in [-0.2, 0) is 22.3 Å². The van der Waals surface area contributed by atoms with Crippen LogP contribution in [0.2, 0.25) is 5.02 Å². The largest absolute Gasteiger partial charge is 0.493 e. The Labute approximate surface area is 219 Å². The summed E-state index contributed by atoms with van der Waals surface area (Å²) in [6.07, 6.45) is 0. The molecular weight excluding hydrogens is 522 g/mol. The number of aliphatic carboxylic acids is 1. The summed E-state index contributed by atoms with van der Waals surface area (Å²) >= 11 is 6.14. The van der Waals surface area contributed by atoms with Crippen molar-refractivity contribution in [2.45, 2.75) is 11.4 Å². The standard InChI is InChI=1S/C24H24ClN5O6S/c1-35-20-10-17(37(28)34)8-14(22(20)36-12-21(31)32)11-29-19-7-4-15(25)9-18(19)24(33)30-16-5-2-13(3-6-16)23(26)27/h2-10,29H,11-12,28H2,1H3,(H3,26,27)(H,30,33)(H,31,32). The van der Waals surface area contributed by atoms with Gasteiger partial charge in [0.1, 0.15) is 16.8 Å². The number of ether oxygens (including phenoxy) is 2. The zero-order chi connectivity index (χ0) is 27.1. The molecule has 0 radical (unpaired) electrons. The molecule has 37 heavy (non-hydrogen) atoms. The van der Waals surface area contributed by atoms with Crippen molar-refractivity contribution in [2.24, 2.45) is 10.9 Å². The van der Waals surface area contributed by atoms with E-state index in [9.17, 15) is 13.8 Å². The Hall–Kier alpha value is -4.13. The number of halogens is 1. The summed E-state index contributed by atoms with van der Waals surface area (Å²) in [4.78, 5) is 24.4. The molecule has 0 aliphatic rings. The highest BCUT2D eigenvalue weighted by molar-refractivity contribution is 7.82. The van der Waals surface area contributed by atoms with Gasteiger partial charge in [0.05, 0.1) is 17.6 Å². The summed E-state index contributed by atoms with van der Waals surface area (Å²) in [6.45, 7) is -0.600. The monoisotopic (exact) mass is 545 g/mol. The Morgan fingerprint density at radius 1 is 1.14 bits per heavy atom. The van der Waals surface area contributed by atoms with Crippen LogP contribution in [0.4, 0.5) is 11.4 Å². The number of benzene rings is 3. The molecule has 0 aliphatic heterocycles. The van der Waals surface area contributed by atoms with Gasteiger partial charge in [0.25, 0.3) is 5.91 Å². The number of anilines is 2. The fourth-order valence-electron chi connectivity index (χ4n) is 3.31. The number of nitrogens with two attached hydrogens (primary N) is 2. The molecule has 0 saturated carbocycles. The summed E-state index contributed by atoms with van der Waals surface area (Å²) in [5.74, 6) is -1.47. The van der Waals surface area contributed by atoms with Crippen molar-refractivity contribution in [3.63, 3.8) is 0 Å². The second-order valence-corrected chi connectivity index (χ2v) is 9.08. The van der Waals surface area contributed by atoms with Gasteiger partial charge in [-0.05, 0) is 48.5 Å². The first kappa shape index (κ1) is 27.5. The Bertz CT molecular complexity index is 1370. The first-order valence-electron chi connectivity index (χ1n) is 10.6. The lowest BCUT2D eigenvalue weighted by Gasteiger charge is -2.18. The molecule has 194 valence electrons. The predicted octanol–water partition coefficient (Wildman–Crippen LogP) is 2.94. The number of rotatable bonds is 11. The van der Waals surface area contributed by atoms with E-state index in [0.717, 1.165) is 0 Å². The third kappa shape index (κ3) is 7.19. The van der Waals surface area contributed by atoms with Crippen molar-refractivity contribution in [1.29, 1.82) is 5.41 Å². The number of nitrogen functional groups attached to an aromatic ring is 1. The number of carboxylic acid groups (broad SMARTS) is 1. The molecular formula is C24H24ClN5O6S. The van der Waals surface area contributed by atoms with Gasteiger partial charge in [0, 0.05) is 40.1 Å². The van der Waals surface area contributed by atoms with E-state index in [-0.39, 0.29) is 34.3 Å². The first-order valence-corrected chi connectivity index (χ1v) is 12.2. The number of carbonyl (C=O) groups is 2. The van der Waals surface area contributed by atoms with Crippen LogP contribution in [0.1, 0.15) is 21.5 Å². The summed E-state index contributed by atoms with van der Waals surface area (Å²) in [5.41, 5.74) is 7.49. The fraction of sp³-hybridized carbons (Fsp3) is 0.125. The Morgan fingerprint density at radius 3 is 2.43 bits per heavy atom. The zero-order valence-electron chi connectivity index (χ0n) is 19.5. The highest BCUT2D eigenvalue weighted by Gasteiger charge is 2.18. The van der Waals surface area contributed by atoms with E-state index in [0.29, 0.717) is 27.5 Å². The number of methoxy groups -OCH3 is 1. The lowest BCUT2D eigenvalue weighted by molar-refractivity contribution is -0.139. The number of amidine groups is 1. The van der Waals surface area contributed by atoms with Crippen molar-refractivity contribution in [1.82, 2.24) is 0 Å². The molecule has 1 atom stereocenters. The Morgan fingerprint density at radius 2 is 1.84 bits per heavy atom. The molecule has 0 aliphatic carbocycles. The van der Waals surface area contributed by atoms with E-state index < -0.39 is 29.5 Å². The van der Waals surface area contributed by atoms with Crippen LogP contribution in [-0.4, -0.2) is 40.7 Å². The average molecular weight is 546 g/mol. The SMILES string of the molecule is COc1cc(S(N)=O)cc(CNc2ccc(Cl)cc2C(=O)Nc2ccc(C(=N)N)cc2)c1OCC(=O)O. The van der Waals surface area contributed by atoms with Crippen molar-refractivity contribution < 1.29 is 28.4 Å². The van der Waals surface area contributed by atoms with Crippen LogP contribution < -0.4 is 31.0 Å². The summed E-state index contributed by atoms with van der Waals surface area (Å²) in [5, 5.41) is 28.3. The Balaban J connectivity index is 1.90. The molecule has 13 heteroatoms. The summed E-state index contributed by atoms with van der Waals surface area (Å²) < 4.78 is 22.6. The van der Waals surface area contributed by atoms with Crippen LogP contribution in [0.25, 0.3) is 0 Å². The van der Waals surface area contributed by atoms with Gasteiger partial charge in [-0.25, -0.2) is 14.1 Å². The molecule has 0 spiro atoms. The lowest BCUT2D eigenvalue weighted by atomic mass is 10.1. The summed E-state index contributed by atoms with van der Waals surface area (Å²) in [7, 11) is -0.490. The van der Waals surface area contributed by atoms with E-state index in [2.05, 4.69) is 10.6 Å². The molecule has 0 aromatic heterocycles. The van der Waals surface area contributed by atoms with Crippen molar-refractivity contribution >= 4 is 51.7 Å². The molecule has 1 amide bonds. The Kier molecular flexibility index (Phi) is 9.06. The van der Waals surface area contributed by atoms with Gasteiger partial charge in [0.2, 0.25) is 0 Å². The van der Waals surface area contributed by atoms with Crippen LogP contribution in [0.3, 0.4) is 0 Å². The predicted molar refractivity (Wildman–Crippen MR) is 141 cm³/mol. The topological polar surface area (TPSA) is 190 Å². The maximum absolute atomic E-state index is 13.1.